The molecule has 1 rings (SSSR count). The van der Waals surface area contributed by atoms with Crippen molar-refractivity contribution in [2.75, 3.05) is 0 Å². The lowest BCUT2D eigenvalue weighted by atomic mass is 11.0. The summed E-state index contributed by atoms with van der Waals surface area (Å²) in [6.45, 7) is 0. The molecule has 0 amide bonds. The lowest BCUT2D eigenvalue weighted by Gasteiger charge is -1.94. The van der Waals surface area contributed by atoms with E-state index in [9.17, 15) is 4.57 Å². The Morgan fingerprint density at radius 3 is 2.40 bits per heavy atom. The van der Waals surface area contributed by atoms with Gasteiger partial charge >= 0.3 is 7.60 Å². The van der Waals surface area contributed by atoms with Crippen molar-refractivity contribution >= 4 is 40.7 Å². The van der Waals surface area contributed by atoms with Crippen molar-refractivity contribution in [1.29, 1.82) is 0 Å². The van der Waals surface area contributed by atoms with Crippen molar-refractivity contribution in [3.8, 4) is 0 Å². The summed E-state index contributed by atoms with van der Waals surface area (Å²) in [6, 6.07) is 0. The van der Waals surface area contributed by atoms with Gasteiger partial charge in [-0.3, -0.25) is 4.57 Å². The Morgan fingerprint density at radius 1 is 1.60 bits per heavy atom. The van der Waals surface area contributed by atoms with Gasteiger partial charge in [-0.2, -0.15) is 0 Å². The molecule has 0 saturated carbocycles. The molecule has 0 spiro atoms. The highest BCUT2D eigenvalue weighted by Crippen LogP contribution is 2.33. The minimum absolute atomic E-state index is 0. The molecule has 2 N–H and O–H groups in total. The van der Waals surface area contributed by atoms with Crippen molar-refractivity contribution in [3.05, 3.63) is 11.6 Å². The van der Waals surface area contributed by atoms with Gasteiger partial charge in [-0.15, -0.1) is 28.3 Å². The van der Waals surface area contributed by atoms with Gasteiger partial charge in [-0.1, -0.05) is 0 Å². The lowest BCUT2D eigenvalue weighted by Crippen LogP contribution is -1.99. The van der Waals surface area contributed by atoms with Gasteiger partial charge in [0.05, 0.1) is 0 Å². The first-order valence-corrected chi connectivity index (χ1v) is 4.55. The number of aromatic nitrogens is 1. The highest BCUT2D eigenvalue weighted by Gasteiger charge is 2.19. The van der Waals surface area contributed by atoms with E-state index in [-0.39, 0.29) is 21.7 Å². The van der Waals surface area contributed by atoms with E-state index in [0.29, 0.717) is 0 Å². The Kier molecular flexibility index (Phi) is 3.69. The van der Waals surface area contributed by atoms with Crippen LogP contribution in [0.4, 0.5) is 0 Å². The molecule has 1 aromatic heterocycles. The van der Waals surface area contributed by atoms with Crippen LogP contribution in [0.5, 0.6) is 0 Å². The predicted molar refractivity (Wildman–Crippen MR) is 44.1 cm³/mol. The van der Waals surface area contributed by atoms with E-state index >= 15 is 0 Å². The summed E-state index contributed by atoms with van der Waals surface area (Å²) in [5.41, 5.74) is 0. The zero-order valence-electron chi connectivity index (χ0n) is 4.67. The summed E-state index contributed by atoms with van der Waals surface area (Å²) in [6.07, 6.45) is 1.36. The Labute approximate surface area is 71.9 Å². The summed E-state index contributed by atoms with van der Waals surface area (Å²) in [5, 5.41) is 1.52. The molecule has 1 heterocycles. The number of hydrogen-bond donors (Lipinski definition) is 2. The normalized spacial score (nSPS) is 10.6. The largest absolute Gasteiger partial charge is 0.384 e. The van der Waals surface area contributed by atoms with Crippen LogP contribution in [0, 0.1) is 0 Å². The SMILES string of the molecule is Br.O=P(O)(O)c1nccs1. The lowest BCUT2D eigenvalue weighted by molar-refractivity contribution is 0.387. The molecule has 58 valence electrons. The maximum Gasteiger partial charge on any atom is 0.384 e. The third-order valence-electron chi connectivity index (χ3n) is 0.668. The van der Waals surface area contributed by atoms with Crippen molar-refractivity contribution in [3.63, 3.8) is 0 Å². The third-order valence-corrected chi connectivity index (χ3v) is 2.89. The molecule has 0 atom stereocenters. The molecule has 0 aliphatic rings. The van der Waals surface area contributed by atoms with Crippen LogP contribution >= 0.6 is 35.9 Å². The topological polar surface area (TPSA) is 70.4 Å². The molecule has 0 fully saturated rings. The molecule has 0 aliphatic heterocycles. The second-order valence-corrected chi connectivity index (χ2v) is 4.07. The summed E-state index contributed by atoms with van der Waals surface area (Å²) in [4.78, 5) is 20.3. The van der Waals surface area contributed by atoms with E-state index in [2.05, 4.69) is 4.98 Å². The zero-order chi connectivity index (χ0) is 6.91. The van der Waals surface area contributed by atoms with Gasteiger partial charge in [-0.05, 0) is 0 Å². The Morgan fingerprint density at radius 2 is 2.20 bits per heavy atom. The molecule has 0 saturated heterocycles. The molecule has 0 unspecified atom stereocenters. The first-order chi connectivity index (χ1) is 4.11. The van der Waals surface area contributed by atoms with E-state index in [1.54, 1.807) is 0 Å². The molecular weight excluding hydrogens is 241 g/mol. The second kappa shape index (κ2) is 3.59. The van der Waals surface area contributed by atoms with Gasteiger partial charge in [0.15, 0.2) is 0 Å². The molecule has 10 heavy (non-hydrogen) atoms. The van der Waals surface area contributed by atoms with Crippen molar-refractivity contribution < 1.29 is 14.4 Å². The smallest absolute Gasteiger partial charge is 0.319 e. The monoisotopic (exact) mass is 245 g/mol. The van der Waals surface area contributed by atoms with Gasteiger partial charge in [0.1, 0.15) is 0 Å². The number of hydrogen-bond acceptors (Lipinski definition) is 3. The average molecular weight is 246 g/mol. The number of rotatable bonds is 1. The molecule has 0 aliphatic carbocycles. The molecule has 4 nitrogen and oxygen atoms in total. The molecule has 0 aromatic carbocycles. The maximum atomic E-state index is 10.3. The fourth-order valence-corrected chi connectivity index (χ4v) is 1.67. The van der Waals surface area contributed by atoms with Gasteiger partial charge in [0.25, 0.3) is 0 Å². The van der Waals surface area contributed by atoms with Gasteiger partial charge in [0.2, 0.25) is 4.75 Å². The minimum atomic E-state index is -4.06. The molecule has 0 bridgehead atoms. The van der Waals surface area contributed by atoms with Crippen LogP contribution in [0.25, 0.3) is 0 Å². The Bertz CT molecular complexity index is 232. The quantitative estimate of drug-likeness (QED) is 0.709. The summed E-state index contributed by atoms with van der Waals surface area (Å²) >= 11 is 0.956. The first-order valence-electron chi connectivity index (χ1n) is 2.06. The van der Waals surface area contributed by atoms with Crippen LogP contribution < -0.4 is 4.75 Å². The van der Waals surface area contributed by atoms with E-state index in [1.807, 2.05) is 0 Å². The predicted octanol–water partition coefficient (Wildman–Crippen LogP) is 0.524. The Balaban J connectivity index is 0.000000810. The third kappa shape index (κ3) is 2.48. The highest BCUT2D eigenvalue weighted by atomic mass is 79.9. The fraction of sp³-hybridized carbons (Fsp3) is 0. The van der Waals surface area contributed by atoms with Crippen molar-refractivity contribution in [1.82, 2.24) is 4.98 Å². The minimum Gasteiger partial charge on any atom is -0.319 e. The van der Waals surface area contributed by atoms with Gasteiger partial charge in [-0.25, -0.2) is 4.98 Å². The number of nitrogens with zero attached hydrogens (tertiary/aromatic N) is 1. The van der Waals surface area contributed by atoms with Crippen LogP contribution in [-0.4, -0.2) is 14.8 Å². The van der Waals surface area contributed by atoms with Crippen LogP contribution in [0.1, 0.15) is 0 Å². The summed E-state index contributed by atoms with van der Waals surface area (Å²) < 4.78 is 10.2. The van der Waals surface area contributed by atoms with Crippen LogP contribution in [0.3, 0.4) is 0 Å². The second-order valence-electron chi connectivity index (χ2n) is 1.36. The van der Waals surface area contributed by atoms with Gasteiger partial charge < -0.3 is 9.79 Å². The first kappa shape index (κ1) is 10.3. The van der Waals surface area contributed by atoms with Gasteiger partial charge in [0, 0.05) is 11.6 Å². The number of thiazole rings is 1. The maximum absolute atomic E-state index is 10.3. The summed E-state index contributed by atoms with van der Waals surface area (Å²) in [7, 11) is -4.06. The fourth-order valence-electron chi connectivity index (χ4n) is 0.360. The zero-order valence-corrected chi connectivity index (χ0v) is 8.09. The van der Waals surface area contributed by atoms with E-state index in [1.165, 1.54) is 11.6 Å². The highest BCUT2D eigenvalue weighted by molar-refractivity contribution is 8.93. The van der Waals surface area contributed by atoms with E-state index in [4.69, 9.17) is 9.79 Å². The average Bonchev–Trinajstić information content (AvgIpc) is 2.08. The number of halogens is 1. The van der Waals surface area contributed by atoms with Crippen LogP contribution in [0.15, 0.2) is 11.6 Å². The van der Waals surface area contributed by atoms with Crippen LogP contribution in [0.2, 0.25) is 0 Å². The Hall–Kier alpha value is 0.260. The van der Waals surface area contributed by atoms with Crippen molar-refractivity contribution in [2.45, 2.75) is 0 Å². The van der Waals surface area contributed by atoms with Crippen LogP contribution in [-0.2, 0) is 4.57 Å². The summed E-state index contributed by atoms with van der Waals surface area (Å²) in [5.74, 6) is 0. The molecule has 7 heteroatoms. The standard InChI is InChI=1S/C3H4NO3PS.BrH/c5-8(6,7)3-4-1-2-9-3;/h1-2H,(H2,5,6,7);1H. The molecule has 1 aromatic rings. The van der Waals surface area contributed by atoms with E-state index < -0.39 is 7.60 Å². The molecule has 0 radical (unpaired) electrons. The van der Waals surface area contributed by atoms with E-state index in [0.717, 1.165) is 11.3 Å². The van der Waals surface area contributed by atoms with Crippen molar-refractivity contribution in [2.24, 2.45) is 0 Å². The molecular formula is C3H5BrNO3PS.